The number of halogens is 1. The molecule has 0 atom stereocenters. The van der Waals surface area contributed by atoms with Crippen molar-refractivity contribution in [1.29, 1.82) is 0 Å². The number of esters is 1. The monoisotopic (exact) mass is 527 g/mol. The van der Waals surface area contributed by atoms with Gasteiger partial charge in [-0.3, -0.25) is 9.59 Å². The van der Waals surface area contributed by atoms with Crippen molar-refractivity contribution in [3.63, 3.8) is 0 Å². The van der Waals surface area contributed by atoms with Gasteiger partial charge in [0.15, 0.2) is 11.0 Å². The zero-order chi connectivity index (χ0) is 25.9. The Labute approximate surface area is 218 Å². The van der Waals surface area contributed by atoms with E-state index in [-0.39, 0.29) is 24.1 Å². The van der Waals surface area contributed by atoms with Crippen molar-refractivity contribution < 1.29 is 19.1 Å². The van der Waals surface area contributed by atoms with E-state index in [2.05, 4.69) is 27.4 Å². The number of nitrogens with zero attached hydrogens (tertiary/aromatic N) is 3. The molecule has 0 radical (unpaired) electrons. The second kappa shape index (κ2) is 13.5. The van der Waals surface area contributed by atoms with Crippen LogP contribution in [0.5, 0.6) is 0 Å². The molecule has 0 fully saturated rings. The molecule has 2 aromatic carbocycles. The van der Waals surface area contributed by atoms with E-state index in [9.17, 15) is 14.4 Å². The minimum atomic E-state index is -0.436. The number of thioether (sulfide) groups is 1. The van der Waals surface area contributed by atoms with Crippen molar-refractivity contribution >= 4 is 46.8 Å². The van der Waals surface area contributed by atoms with Crippen LogP contribution in [-0.4, -0.2) is 44.9 Å². The summed E-state index contributed by atoms with van der Waals surface area (Å²) in [7, 11) is 0. The topological polar surface area (TPSA) is 115 Å². The number of carbonyl (C=O) groups is 3. The van der Waals surface area contributed by atoms with Crippen molar-refractivity contribution in [1.82, 2.24) is 20.1 Å². The highest BCUT2D eigenvalue weighted by Crippen LogP contribution is 2.19. The summed E-state index contributed by atoms with van der Waals surface area (Å²) >= 11 is 7.28. The summed E-state index contributed by atoms with van der Waals surface area (Å²) < 4.78 is 6.90. The average molecular weight is 528 g/mol. The lowest BCUT2D eigenvalue weighted by molar-refractivity contribution is -0.113. The predicted molar refractivity (Wildman–Crippen MR) is 139 cm³/mol. The molecular formula is C25H26ClN5O4S. The van der Waals surface area contributed by atoms with Gasteiger partial charge in [0.25, 0.3) is 5.91 Å². The Kier molecular flexibility index (Phi) is 10.1. The largest absolute Gasteiger partial charge is 0.462 e. The average Bonchev–Trinajstić information content (AvgIpc) is 3.26. The lowest BCUT2D eigenvalue weighted by Gasteiger charge is -2.10. The second-order valence-corrected chi connectivity index (χ2v) is 8.86. The van der Waals surface area contributed by atoms with Gasteiger partial charge in [-0.25, -0.2) is 4.79 Å². The Hall–Kier alpha value is -3.63. The van der Waals surface area contributed by atoms with Crippen LogP contribution in [-0.2, 0) is 22.6 Å². The van der Waals surface area contributed by atoms with Crippen LogP contribution in [0.4, 0.5) is 5.69 Å². The molecule has 0 aliphatic heterocycles. The van der Waals surface area contributed by atoms with Crippen molar-refractivity contribution in [2.45, 2.75) is 31.6 Å². The van der Waals surface area contributed by atoms with E-state index in [1.54, 1.807) is 59.2 Å². The maximum absolute atomic E-state index is 12.5. The van der Waals surface area contributed by atoms with Crippen molar-refractivity contribution in [2.24, 2.45) is 0 Å². The number of benzene rings is 2. The van der Waals surface area contributed by atoms with Crippen LogP contribution < -0.4 is 10.6 Å². The summed E-state index contributed by atoms with van der Waals surface area (Å²) in [5.74, 6) is -0.472. The lowest BCUT2D eigenvalue weighted by atomic mass is 10.2. The number of anilines is 1. The molecule has 36 heavy (non-hydrogen) atoms. The number of nitrogens with one attached hydrogen (secondary N) is 2. The van der Waals surface area contributed by atoms with E-state index in [0.29, 0.717) is 46.0 Å². The molecule has 0 saturated heterocycles. The quantitative estimate of drug-likeness (QED) is 0.204. The second-order valence-electron chi connectivity index (χ2n) is 7.51. The van der Waals surface area contributed by atoms with E-state index in [4.69, 9.17) is 16.3 Å². The first kappa shape index (κ1) is 27.0. The first-order valence-electron chi connectivity index (χ1n) is 11.2. The minimum Gasteiger partial charge on any atom is -0.462 e. The molecule has 0 spiro atoms. The Morgan fingerprint density at radius 1 is 1.17 bits per heavy atom. The molecule has 2 N–H and O–H groups in total. The van der Waals surface area contributed by atoms with Crippen LogP contribution in [0.3, 0.4) is 0 Å². The van der Waals surface area contributed by atoms with Gasteiger partial charge >= 0.3 is 5.97 Å². The summed E-state index contributed by atoms with van der Waals surface area (Å²) in [6.45, 7) is 6.53. The van der Waals surface area contributed by atoms with Gasteiger partial charge in [-0.2, -0.15) is 0 Å². The number of allylic oxidation sites excluding steroid dienone is 1. The number of aromatic nitrogens is 3. The zero-order valence-corrected chi connectivity index (χ0v) is 21.3. The normalized spacial score (nSPS) is 10.5. The number of hydrogen-bond donors (Lipinski definition) is 2. The molecule has 0 aliphatic rings. The zero-order valence-electron chi connectivity index (χ0n) is 19.7. The smallest absolute Gasteiger partial charge is 0.338 e. The van der Waals surface area contributed by atoms with E-state index in [0.717, 1.165) is 6.42 Å². The molecule has 0 saturated carbocycles. The number of carbonyl (C=O) groups excluding carboxylic acids is 3. The molecule has 2 amide bonds. The van der Waals surface area contributed by atoms with Crippen LogP contribution in [0.2, 0.25) is 5.02 Å². The van der Waals surface area contributed by atoms with Crippen LogP contribution in [0.1, 0.15) is 39.9 Å². The van der Waals surface area contributed by atoms with Gasteiger partial charge < -0.3 is 19.9 Å². The molecule has 0 aliphatic carbocycles. The SMILES string of the molecule is C=CCn1c(CNC(=O)c2ccccc2Cl)nnc1SCC(=O)Nc1cccc(C(=O)OCCC)c1. The molecule has 1 heterocycles. The van der Waals surface area contributed by atoms with Crippen LogP contribution >= 0.6 is 23.4 Å². The van der Waals surface area contributed by atoms with Crippen molar-refractivity contribution in [2.75, 3.05) is 17.7 Å². The highest BCUT2D eigenvalue weighted by molar-refractivity contribution is 7.99. The molecule has 0 bridgehead atoms. The van der Waals surface area contributed by atoms with Crippen LogP contribution in [0.25, 0.3) is 0 Å². The fraction of sp³-hybridized carbons (Fsp3) is 0.240. The van der Waals surface area contributed by atoms with E-state index in [1.807, 2.05) is 6.92 Å². The Morgan fingerprint density at radius 2 is 1.97 bits per heavy atom. The van der Waals surface area contributed by atoms with Crippen LogP contribution in [0.15, 0.2) is 66.3 Å². The standard InChI is InChI=1S/C25H26ClN5O4S/c1-3-12-31-21(15-27-23(33)19-10-5-6-11-20(19)26)29-30-25(31)36-16-22(32)28-18-9-7-8-17(14-18)24(34)35-13-4-2/h3,5-11,14H,1,4,12-13,15-16H2,2H3,(H,27,33)(H,28,32). The fourth-order valence-corrected chi connectivity index (χ4v) is 4.09. The molecule has 188 valence electrons. The highest BCUT2D eigenvalue weighted by Gasteiger charge is 2.16. The molecule has 3 rings (SSSR count). The molecule has 11 heteroatoms. The maximum Gasteiger partial charge on any atom is 0.338 e. The third-order valence-corrected chi connectivity index (χ3v) is 6.08. The summed E-state index contributed by atoms with van der Waals surface area (Å²) in [5, 5.41) is 14.7. The summed E-state index contributed by atoms with van der Waals surface area (Å²) in [5.41, 5.74) is 1.22. The van der Waals surface area contributed by atoms with Crippen molar-refractivity contribution in [3.8, 4) is 0 Å². The maximum atomic E-state index is 12.5. The third kappa shape index (κ3) is 7.43. The summed E-state index contributed by atoms with van der Waals surface area (Å²) in [6, 6.07) is 13.3. The Morgan fingerprint density at radius 3 is 2.72 bits per heavy atom. The van der Waals surface area contributed by atoms with Gasteiger partial charge in [-0.1, -0.05) is 54.6 Å². The Bertz CT molecular complexity index is 1250. The van der Waals surface area contributed by atoms with Gasteiger partial charge in [0, 0.05) is 12.2 Å². The molecule has 3 aromatic rings. The van der Waals surface area contributed by atoms with E-state index in [1.165, 1.54) is 11.8 Å². The van der Waals surface area contributed by atoms with Gasteiger partial charge in [-0.15, -0.1) is 16.8 Å². The number of ether oxygens (including phenoxy) is 1. The number of hydrogen-bond acceptors (Lipinski definition) is 7. The number of amides is 2. The van der Waals surface area contributed by atoms with E-state index < -0.39 is 5.97 Å². The van der Waals surface area contributed by atoms with Gasteiger partial charge in [0.1, 0.15) is 0 Å². The lowest BCUT2D eigenvalue weighted by Crippen LogP contribution is -2.25. The number of rotatable bonds is 12. The fourth-order valence-electron chi connectivity index (χ4n) is 3.10. The van der Waals surface area contributed by atoms with Gasteiger partial charge in [0.05, 0.1) is 35.1 Å². The first-order chi connectivity index (χ1) is 17.4. The minimum absolute atomic E-state index is 0.0613. The summed E-state index contributed by atoms with van der Waals surface area (Å²) in [6.07, 6.45) is 2.40. The van der Waals surface area contributed by atoms with E-state index >= 15 is 0 Å². The summed E-state index contributed by atoms with van der Waals surface area (Å²) in [4.78, 5) is 37.0. The van der Waals surface area contributed by atoms with Crippen LogP contribution in [0, 0.1) is 0 Å². The predicted octanol–water partition coefficient (Wildman–Crippen LogP) is 4.35. The molecule has 1 aromatic heterocycles. The van der Waals surface area contributed by atoms with Gasteiger partial charge in [0.2, 0.25) is 5.91 Å². The molecule has 0 unspecified atom stereocenters. The molecule has 9 nitrogen and oxygen atoms in total. The molecular weight excluding hydrogens is 502 g/mol. The Balaban J connectivity index is 1.59. The first-order valence-corrected chi connectivity index (χ1v) is 12.5. The van der Waals surface area contributed by atoms with Crippen molar-refractivity contribution in [3.05, 3.63) is 83.2 Å². The highest BCUT2D eigenvalue weighted by atomic mass is 35.5. The third-order valence-electron chi connectivity index (χ3n) is 4.78. The van der Waals surface area contributed by atoms with Gasteiger partial charge in [-0.05, 0) is 36.8 Å².